The molecule has 13 rings (SSSR count). The molecular weight excluding hydrogens is 1140 g/mol. The fourth-order valence-electron chi connectivity index (χ4n) is 8.49. The lowest BCUT2D eigenvalue weighted by Gasteiger charge is -2.10. The first-order valence-corrected chi connectivity index (χ1v) is 28.4. The monoisotopic (exact) mass is 1200 g/mol. The van der Waals surface area contributed by atoms with Crippen LogP contribution in [0.5, 0.6) is 35.0 Å². The van der Waals surface area contributed by atoms with Gasteiger partial charge in [0.15, 0.2) is 44.7 Å². The molecule has 26 nitrogen and oxygen atoms in total. The summed E-state index contributed by atoms with van der Waals surface area (Å²) in [6.45, 7) is 13.9. The zero-order valence-corrected chi connectivity index (χ0v) is 49.3. The minimum Gasteiger partial charge on any atom is -0.508 e. The van der Waals surface area contributed by atoms with Crippen molar-refractivity contribution in [2.45, 2.75) is 41.5 Å². The maximum atomic E-state index is 9.33. The number of phenolic OH excluding ortho intramolecular Hbond substituents is 1. The number of nitrogens with zero attached hydrogens (tertiary/aromatic N) is 16. The third-order valence-corrected chi connectivity index (χ3v) is 13.5. The molecule has 444 valence electrons. The first-order chi connectivity index (χ1) is 42.8. The molecule has 88 heavy (non-hydrogen) atoms. The number of fused-ring (bicyclic) bond motifs is 5. The Morgan fingerprint density at radius 1 is 0.398 bits per heavy atom. The van der Waals surface area contributed by atoms with Crippen LogP contribution < -0.4 is 46.6 Å². The van der Waals surface area contributed by atoms with Crippen molar-refractivity contribution >= 4 is 89.9 Å². The van der Waals surface area contributed by atoms with Crippen molar-refractivity contribution in [2.75, 3.05) is 56.0 Å². The molecule has 0 fully saturated rings. The molecule has 0 aliphatic rings. The van der Waals surface area contributed by atoms with Crippen LogP contribution in [-0.4, -0.2) is 118 Å². The van der Waals surface area contributed by atoms with Crippen molar-refractivity contribution in [3.8, 4) is 79.4 Å². The van der Waals surface area contributed by atoms with Gasteiger partial charge in [0.25, 0.3) is 0 Å². The van der Waals surface area contributed by atoms with Gasteiger partial charge in [-0.2, -0.15) is 39.9 Å². The molecule has 9 heterocycles. The third kappa shape index (κ3) is 14.0. The number of para-hydroxylation sites is 1. The Hall–Kier alpha value is -11.5. The zero-order valence-electron chi connectivity index (χ0n) is 48.5. The Bertz CT molecular complexity index is 4420. The summed E-state index contributed by atoms with van der Waals surface area (Å²) in [6, 6.07) is 32.7. The topological polar surface area (TPSA) is 377 Å². The molecule has 4 aromatic carbocycles. The number of aryl methyl sites for hydroxylation is 1. The highest BCUT2D eigenvalue weighted by Gasteiger charge is 2.18. The normalized spacial score (nSPS) is 10.8. The molecule has 9 aromatic heterocycles. The maximum absolute atomic E-state index is 9.33. The van der Waals surface area contributed by atoms with Crippen molar-refractivity contribution in [1.82, 2.24) is 79.7 Å². The summed E-state index contributed by atoms with van der Waals surface area (Å²) in [4.78, 5) is 69.3. The Balaban J connectivity index is 0.000000130. The number of ether oxygens (including phenoxy) is 5. The Morgan fingerprint density at radius 3 is 1.22 bits per heavy atom. The first kappa shape index (κ1) is 59.7. The van der Waals surface area contributed by atoms with E-state index in [2.05, 4.69) is 97.9 Å². The number of aromatic nitrogens is 16. The third-order valence-electron chi connectivity index (χ3n) is 12.3. The van der Waals surface area contributed by atoms with E-state index in [1.54, 1.807) is 60.4 Å². The van der Waals surface area contributed by atoms with Gasteiger partial charge in [-0.05, 0) is 95.5 Å². The molecule has 0 bridgehead atoms. The Kier molecular flexibility index (Phi) is 18.6. The summed E-state index contributed by atoms with van der Waals surface area (Å²) in [6.07, 6.45) is 6.61. The predicted molar refractivity (Wildman–Crippen MR) is 338 cm³/mol. The number of anilines is 4. The van der Waals surface area contributed by atoms with Gasteiger partial charge in [0.05, 0.1) is 85.5 Å². The maximum Gasteiger partial charge on any atom is 0.247 e. The highest BCUT2D eigenvalue weighted by Crippen LogP contribution is 2.35. The van der Waals surface area contributed by atoms with Crippen LogP contribution in [0.3, 0.4) is 0 Å². The second-order valence-corrected chi connectivity index (χ2v) is 19.6. The summed E-state index contributed by atoms with van der Waals surface area (Å²) in [7, 11) is 0. The smallest absolute Gasteiger partial charge is 0.247 e. The highest BCUT2D eigenvalue weighted by molar-refractivity contribution is 7.22. The summed E-state index contributed by atoms with van der Waals surface area (Å²) in [5.74, 6) is 2.78. The van der Waals surface area contributed by atoms with E-state index < -0.39 is 0 Å². The van der Waals surface area contributed by atoms with Gasteiger partial charge in [-0.15, -0.1) is 11.3 Å². The molecule has 0 saturated heterocycles. The van der Waals surface area contributed by atoms with Crippen LogP contribution >= 0.6 is 11.3 Å². The summed E-state index contributed by atoms with van der Waals surface area (Å²) in [5.41, 5.74) is 32.9. The first-order valence-electron chi connectivity index (χ1n) is 27.6. The van der Waals surface area contributed by atoms with Crippen molar-refractivity contribution < 1.29 is 28.8 Å². The number of rotatable bonds is 14. The SMILES string of the molecule is CCOc1ccccc1-c1cnc2nc(N)nc(OCC)c2n1.CCOc1nc(N)nc2ncc(-c3cc4ccccc4s3)nc12.CCOc1nc(N)nc2ncc(-c3ccc(C)cc3)nc12.CCOc1nc(N)nc2ncc(-c3ccc(O)cc3)nc12. The van der Waals surface area contributed by atoms with E-state index in [-0.39, 0.29) is 29.5 Å². The minimum atomic E-state index is 0.0950. The van der Waals surface area contributed by atoms with E-state index in [1.165, 1.54) is 15.6 Å². The Morgan fingerprint density at radius 2 is 0.773 bits per heavy atom. The van der Waals surface area contributed by atoms with Crippen LogP contribution in [-0.2, 0) is 0 Å². The van der Waals surface area contributed by atoms with Crippen molar-refractivity contribution in [2.24, 2.45) is 0 Å². The van der Waals surface area contributed by atoms with Gasteiger partial charge in [0, 0.05) is 21.4 Å². The number of benzene rings is 4. The van der Waals surface area contributed by atoms with Crippen LogP contribution in [0.15, 0.2) is 128 Å². The molecule has 0 spiro atoms. The van der Waals surface area contributed by atoms with Gasteiger partial charge in [0.1, 0.15) is 11.5 Å². The van der Waals surface area contributed by atoms with Crippen LogP contribution in [0.2, 0.25) is 0 Å². The van der Waals surface area contributed by atoms with Crippen LogP contribution in [0.25, 0.3) is 99.1 Å². The van der Waals surface area contributed by atoms with Gasteiger partial charge in [0.2, 0.25) is 47.3 Å². The number of nitrogen functional groups attached to an aromatic ring is 4. The summed E-state index contributed by atoms with van der Waals surface area (Å²) >= 11 is 1.67. The van der Waals surface area contributed by atoms with Gasteiger partial charge < -0.3 is 51.7 Å². The molecule has 9 N–H and O–H groups in total. The zero-order chi connectivity index (χ0) is 61.7. The van der Waals surface area contributed by atoms with E-state index in [9.17, 15) is 5.11 Å². The second kappa shape index (κ2) is 27.5. The molecule has 0 unspecified atom stereocenters. The fourth-order valence-corrected chi connectivity index (χ4v) is 9.51. The molecule has 0 aliphatic carbocycles. The number of phenols is 1. The van der Waals surface area contributed by atoms with Gasteiger partial charge >= 0.3 is 0 Å². The molecular formula is C61H58N20O6S. The molecule has 0 aliphatic heterocycles. The number of nitrogens with two attached hydrogens (primary N) is 4. The highest BCUT2D eigenvalue weighted by atomic mass is 32.1. The number of aromatic hydroxyl groups is 1. The van der Waals surface area contributed by atoms with E-state index in [1.807, 2.05) is 102 Å². The summed E-state index contributed by atoms with van der Waals surface area (Å²) < 4.78 is 28.8. The van der Waals surface area contributed by atoms with E-state index in [4.69, 9.17) is 46.6 Å². The quantitative estimate of drug-likeness (QED) is 0.0675. The molecule has 0 saturated carbocycles. The number of hydrogen-bond acceptors (Lipinski definition) is 27. The van der Waals surface area contributed by atoms with Crippen molar-refractivity contribution in [1.29, 1.82) is 0 Å². The number of hydrogen-bond donors (Lipinski definition) is 5. The Labute approximate surface area is 506 Å². The molecule has 0 radical (unpaired) electrons. The molecule has 0 amide bonds. The predicted octanol–water partition coefficient (Wildman–Crippen LogP) is 9.90. The lowest BCUT2D eigenvalue weighted by Crippen LogP contribution is -2.04. The van der Waals surface area contributed by atoms with Gasteiger partial charge in [-0.1, -0.05) is 60.2 Å². The number of thiophene rings is 1. The average molecular weight is 1200 g/mol. The van der Waals surface area contributed by atoms with E-state index >= 15 is 0 Å². The van der Waals surface area contributed by atoms with Crippen molar-refractivity contribution in [3.05, 3.63) is 133 Å². The van der Waals surface area contributed by atoms with Crippen LogP contribution in [0.4, 0.5) is 23.8 Å². The fraction of sp³-hybridized carbons (Fsp3) is 0.180. The van der Waals surface area contributed by atoms with E-state index in [0.29, 0.717) is 113 Å². The van der Waals surface area contributed by atoms with Crippen LogP contribution in [0.1, 0.15) is 40.2 Å². The molecule has 13 aromatic rings. The lowest BCUT2D eigenvalue weighted by molar-refractivity contribution is 0.330. The molecule has 27 heteroatoms. The van der Waals surface area contributed by atoms with Gasteiger partial charge in [-0.3, -0.25) is 0 Å². The van der Waals surface area contributed by atoms with E-state index in [0.717, 1.165) is 38.7 Å². The molecule has 0 atom stereocenters. The lowest BCUT2D eigenvalue weighted by atomic mass is 10.1. The largest absolute Gasteiger partial charge is 0.508 e. The van der Waals surface area contributed by atoms with Gasteiger partial charge in [-0.25, -0.2) is 39.9 Å². The van der Waals surface area contributed by atoms with Crippen LogP contribution in [0, 0.1) is 6.92 Å². The van der Waals surface area contributed by atoms with Crippen molar-refractivity contribution in [3.63, 3.8) is 0 Å². The second-order valence-electron chi connectivity index (χ2n) is 18.5. The summed E-state index contributed by atoms with van der Waals surface area (Å²) in [5, 5.41) is 10.5. The standard InChI is InChI=1S/C16H17N5O2.C16H13N5OS.C15H15N5O.C14H13N5O2/c1-3-22-12-8-6-5-7-10(12)11-9-18-14-13(19-11)15(23-4-2)21-16(17)20-14;1-2-22-15-13-14(20-16(17)21-15)18-8-10(19-13)12-7-9-5-3-4-6-11(9)23-12;1-3-21-14-12-13(19-15(16)20-14)17-8-11(18-12)10-6-4-9(2)5-7-10;1-2-21-13-11-12(18-14(15)19-13)16-7-10(17-11)8-3-5-9(20)6-4-8/h5-9H,3-4H2,1-2H3,(H2,17,18,20,21);3-8H,2H2,1H3,(H2,17,18,20,21);4-8H,3H2,1-2H3,(H2,16,17,19,20);3-7,20H,2H2,1H3,(H2,15,16,18,19). The minimum absolute atomic E-state index is 0.0950. The average Bonchev–Trinajstić information content (AvgIpc) is 2.57.